The van der Waals surface area contributed by atoms with Crippen molar-refractivity contribution in [3.8, 4) is 0 Å². The van der Waals surface area contributed by atoms with Gasteiger partial charge in [-0.25, -0.2) is 0 Å². The Hall–Kier alpha value is -0.830. The monoisotopic (exact) mass is 157 g/mol. The summed E-state index contributed by atoms with van der Waals surface area (Å²) >= 11 is 0. The van der Waals surface area contributed by atoms with Gasteiger partial charge >= 0.3 is 0 Å². The Bertz CT molecular complexity index is 163. The van der Waals surface area contributed by atoms with E-state index >= 15 is 0 Å². The molecule has 0 heterocycles. The van der Waals surface area contributed by atoms with Crippen molar-refractivity contribution in [1.29, 1.82) is 0 Å². The van der Waals surface area contributed by atoms with Crippen molar-refractivity contribution < 1.29 is 9.53 Å². The SMILES string of the molecule is C=C(C(N)=O)C(OC)C(C)C. The predicted octanol–water partition coefficient (Wildman–Crippen LogP) is 0.699. The third-order valence-corrected chi connectivity index (χ3v) is 1.52. The molecule has 0 saturated heterocycles. The maximum absolute atomic E-state index is 10.6. The molecule has 0 radical (unpaired) electrons. The zero-order valence-corrected chi connectivity index (χ0v) is 7.26. The van der Waals surface area contributed by atoms with Crippen molar-refractivity contribution in [2.24, 2.45) is 11.7 Å². The summed E-state index contributed by atoms with van der Waals surface area (Å²) in [5.74, 6) is -0.273. The first-order valence-corrected chi connectivity index (χ1v) is 3.52. The van der Waals surface area contributed by atoms with Crippen LogP contribution in [0.3, 0.4) is 0 Å². The number of rotatable bonds is 4. The molecule has 0 rings (SSSR count). The highest BCUT2D eigenvalue weighted by Gasteiger charge is 2.19. The molecule has 11 heavy (non-hydrogen) atoms. The fourth-order valence-corrected chi connectivity index (χ4v) is 0.957. The fourth-order valence-electron chi connectivity index (χ4n) is 0.957. The molecule has 0 aromatic heterocycles. The first-order valence-electron chi connectivity index (χ1n) is 3.52. The molecule has 2 N–H and O–H groups in total. The second kappa shape index (κ2) is 4.13. The van der Waals surface area contributed by atoms with Gasteiger partial charge in [0, 0.05) is 12.7 Å². The Labute approximate surface area is 67.2 Å². The summed E-state index contributed by atoms with van der Waals surface area (Å²) in [5, 5.41) is 0. The average molecular weight is 157 g/mol. The summed E-state index contributed by atoms with van der Waals surface area (Å²) in [5.41, 5.74) is 5.37. The lowest BCUT2D eigenvalue weighted by atomic mass is 10.00. The van der Waals surface area contributed by atoms with Gasteiger partial charge in [-0.2, -0.15) is 0 Å². The molecule has 0 aromatic rings. The third-order valence-electron chi connectivity index (χ3n) is 1.52. The van der Waals surface area contributed by atoms with Gasteiger partial charge in [-0.1, -0.05) is 20.4 Å². The van der Waals surface area contributed by atoms with Crippen LogP contribution in [0.2, 0.25) is 0 Å². The molecule has 0 aliphatic carbocycles. The van der Waals surface area contributed by atoms with Crippen molar-refractivity contribution in [2.45, 2.75) is 20.0 Å². The lowest BCUT2D eigenvalue weighted by molar-refractivity contribution is -0.116. The molecule has 1 atom stereocenters. The number of amides is 1. The van der Waals surface area contributed by atoms with Gasteiger partial charge in [0.15, 0.2) is 0 Å². The van der Waals surface area contributed by atoms with E-state index in [1.807, 2.05) is 13.8 Å². The lowest BCUT2D eigenvalue weighted by Gasteiger charge is -2.19. The van der Waals surface area contributed by atoms with Crippen LogP contribution in [0.15, 0.2) is 12.2 Å². The number of nitrogens with two attached hydrogens (primary N) is 1. The Morgan fingerprint density at radius 3 is 2.09 bits per heavy atom. The van der Waals surface area contributed by atoms with Crippen molar-refractivity contribution in [3.63, 3.8) is 0 Å². The van der Waals surface area contributed by atoms with Crippen LogP contribution in [-0.2, 0) is 9.53 Å². The molecule has 1 amide bonds. The van der Waals surface area contributed by atoms with E-state index in [1.165, 1.54) is 0 Å². The second-order valence-electron chi connectivity index (χ2n) is 2.79. The summed E-state index contributed by atoms with van der Waals surface area (Å²) in [6.07, 6.45) is -0.257. The molecule has 3 nitrogen and oxygen atoms in total. The number of hydrogen-bond donors (Lipinski definition) is 1. The predicted molar refractivity (Wildman–Crippen MR) is 44.0 cm³/mol. The number of methoxy groups -OCH3 is 1. The number of carbonyl (C=O) groups excluding carboxylic acids is 1. The summed E-state index contributed by atoms with van der Waals surface area (Å²) in [6.45, 7) is 7.44. The Morgan fingerprint density at radius 1 is 1.55 bits per heavy atom. The molecule has 1 unspecified atom stereocenters. The molecule has 0 saturated carbocycles. The van der Waals surface area contributed by atoms with Gasteiger partial charge in [-0.15, -0.1) is 0 Å². The molecule has 64 valence electrons. The minimum Gasteiger partial charge on any atom is -0.376 e. The van der Waals surface area contributed by atoms with Crippen LogP contribution in [0.5, 0.6) is 0 Å². The van der Waals surface area contributed by atoms with Crippen molar-refractivity contribution in [3.05, 3.63) is 12.2 Å². The van der Waals surface area contributed by atoms with Gasteiger partial charge in [0.2, 0.25) is 5.91 Å². The summed E-state index contributed by atoms with van der Waals surface area (Å²) < 4.78 is 5.03. The van der Waals surface area contributed by atoms with E-state index in [2.05, 4.69) is 6.58 Å². The van der Waals surface area contributed by atoms with Crippen LogP contribution in [0, 0.1) is 5.92 Å². The van der Waals surface area contributed by atoms with E-state index in [9.17, 15) is 4.79 Å². The van der Waals surface area contributed by atoms with Gasteiger partial charge in [0.25, 0.3) is 0 Å². The Kier molecular flexibility index (Phi) is 3.82. The standard InChI is InChI=1S/C8H15NO2/c1-5(2)7(11-4)6(3)8(9)10/h5,7H,3H2,1-2,4H3,(H2,9,10). The Balaban J connectivity index is 4.26. The molecule has 0 aliphatic rings. The van der Waals surface area contributed by atoms with E-state index in [0.29, 0.717) is 5.57 Å². The number of ether oxygens (including phenoxy) is 1. The number of primary amides is 1. The highest BCUT2D eigenvalue weighted by Crippen LogP contribution is 2.12. The van der Waals surface area contributed by atoms with E-state index in [-0.39, 0.29) is 12.0 Å². The van der Waals surface area contributed by atoms with Gasteiger partial charge in [-0.3, -0.25) is 4.79 Å². The zero-order valence-electron chi connectivity index (χ0n) is 7.26. The molecular formula is C8H15NO2. The minimum atomic E-state index is -0.495. The van der Waals surface area contributed by atoms with E-state index in [0.717, 1.165) is 0 Å². The molecule has 0 fully saturated rings. The van der Waals surface area contributed by atoms with Gasteiger partial charge < -0.3 is 10.5 Å². The molecular weight excluding hydrogens is 142 g/mol. The molecule has 0 aromatic carbocycles. The van der Waals surface area contributed by atoms with Crippen LogP contribution >= 0.6 is 0 Å². The molecule has 0 aliphatic heterocycles. The van der Waals surface area contributed by atoms with Crippen LogP contribution < -0.4 is 5.73 Å². The molecule has 0 bridgehead atoms. The van der Waals surface area contributed by atoms with Crippen LogP contribution in [0.25, 0.3) is 0 Å². The summed E-state index contributed by atoms with van der Waals surface area (Å²) in [4.78, 5) is 10.6. The van der Waals surface area contributed by atoms with Crippen LogP contribution in [0.1, 0.15) is 13.8 Å². The normalized spacial score (nSPS) is 13.1. The quantitative estimate of drug-likeness (QED) is 0.611. The second-order valence-corrected chi connectivity index (χ2v) is 2.79. The van der Waals surface area contributed by atoms with E-state index in [1.54, 1.807) is 7.11 Å². The minimum absolute atomic E-state index is 0.222. The van der Waals surface area contributed by atoms with Crippen LogP contribution in [0.4, 0.5) is 0 Å². The first-order chi connectivity index (χ1) is 5.00. The van der Waals surface area contributed by atoms with Crippen LogP contribution in [-0.4, -0.2) is 19.1 Å². The third kappa shape index (κ3) is 2.72. The van der Waals surface area contributed by atoms with Gasteiger partial charge in [0.1, 0.15) is 0 Å². The van der Waals surface area contributed by atoms with Gasteiger partial charge in [0.05, 0.1) is 6.10 Å². The summed E-state index contributed by atoms with van der Waals surface area (Å²) in [7, 11) is 1.54. The highest BCUT2D eigenvalue weighted by atomic mass is 16.5. The maximum atomic E-state index is 10.6. The van der Waals surface area contributed by atoms with Crippen molar-refractivity contribution in [2.75, 3.05) is 7.11 Å². The maximum Gasteiger partial charge on any atom is 0.246 e. The average Bonchev–Trinajstić information content (AvgIpc) is 1.88. The Morgan fingerprint density at radius 2 is 2.00 bits per heavy atom. The number of hydrogen-bond acceptors (Lipinski definition) is 2. The largest absolute Gasteiger partial charge is 0.376 e. The highest BCUT2D eigenvalue weighted by molar-refractivity contribution is 5.92. The first kappa shape index (κ1) is 10.2. The number of carbonyl (C=O) groups is 1. The van der Waals surface area contributed by atoms with E-state index < -0.39 is 5.91 Å². The van der Waals surface area contributed by atoms with Crippen molar-refractivity contribution >= 4 is 5.91 Å². The van der Waals surface area contributed by atoms with Gasteiger partial charge in [-0.05, 0) is 5.92 Å². The van der Waals surface area contributed by atoms with E-state index in [4.69, 9.17) is 10.5 Å². The zero-order chi connectivity index (χ0) is 9.02. The smallest absolute Gasteiger partial charge is 0.246 e. The van der Waals surface area contributed by atoms with Crippen molar-refractivity contribution in [1.82, 2.24) is 0 Å². The topological polar surface area (TPSA) is 52.3 Å². The molecule has 3 heteroatoms. The molecule has 0 spiro atoms. The summed E-state index contributed by atoms with van der Waals surface area (Å²) in [6, 6.07) is 0. The fraction of sp³-hybridized carbons (Fsp3) is 0.625. The lowest BCUT2D eigenvalue weighted by Crippen LogP contribution is -2.28.